The summed E-state index contributed by atoms with van der Waals surface area (Å²) in [7, 11) is 0. The molecule has 2 aromatic rings. The van der Waals surface area contributed by atoms with Crippen molar-refractivity contribution in [3.8, 4) is 0 Å². The molecule has 3 nitrogen and oxygen atoms in total. The van der Waals surface area contributed by atoms with Gasteiger partial charge in [-0.25, -0.2) is 8.78 Å². The van der Waals surface area contributed by atoms with Crippen LogP contribution in [0.4, 0.5) is 8.78 Å². The molecular formula is C14H17F2N3S. The number of aryl methyl sites for hydroxylation is 2. The van der Waals surface area contributed by atoms with Crippen LogP contribution in [0.15, 0.2) is 12.1 Å². The van der Waals surface area contributed by atoms with Gasteiger partial charge in [0.25, 0.3) is 0 Å². The topological polar surface area (TPSA) is 37.8 Å². The predicted octanol–water partition coefficient (Wildman–Crippen LogP) is 3.52. The van der Waals surface area contributed by atoms with E-state index < -0.39 is 17.7 Å². The third-order valence-electron chi connectivity index (χ3n) is 3.16. The van der Waals surface area contributed by atoms with Crippen molar-refractivity contribution >= 4 is 11.5 Å². The average Bonchev–Trinajstić information content (AvgIpc) is 2.85. The summed E-state index contributed by atoms with van der Waals surface area (Å²) in [5.74, 6) is -1.59. The monoisotopic (exact) mass is 297 g/mol. The number of hydrogen-bond acceptors (Lipinski definition) is 4. The highest BCUT2D eigenvalue weighted by Gasteiger charge is 2.24. The molecule has 1 heterocycles. The molecule has 2 rings (SSSR count). The Hall–Kier alpha value is -1.40. The van der Waals surface area contributed by atoms with Gasteiger partial charge in [0, 0.05) is 5.56 Å². The Morgan fingerprint density at radius 1 is 1.25 bits per heavy atom. The smallest absolute Gasteiger partial charge is 0.164 e. The lowest BCUT2D eigenvalue weighted by atomic mass is 10.0. The number of rotatable bonds is 5. The fourth-order valence-electron chi connectivity index (χ4n) is 2.02. The zero-order valence-electron chi connectivity index (χ0n) is 11.7. The molecule has 0 saturated carbocycles. The van der Waals surface area contributed by atoms with Crippen molar-refractivity contribution in [2.45, 2.75) is 33.2 Å². The molecule has 0 bridgehead atoms. The van der Waals surface area contributed by atoms with Gasteiger partial charge in [0.15, 0.2) is 11.6 Å². The minimum absolute atomic E-state index is 0.302. The van der Waals surface area contributed by atoms with E-state index in [4.69, 9.17) is 0 Å². The van der Waals surface area contributed by atoms with E-state index in [1.807, 2.05) is 13.8 Å². The molecule has 0 spiro atoms. The van der Waals surface area contributed by atoms with Crippen LogP contribution in [0.3, 0.4) is 0 Å². The van der Waals surface area contributed by atoms with Crippen molar-refractivity contribution < 1.29 is 8.78 Å². The van der Waals surface area contributed by atoms with Crippen LogP contribution in [0.25, 0.3) is 0 Å². The highest BCUT2D eigenvalue weighted by molar-refractivity contribution is 7.05. The van der Waals surface area contributed by atoms with Gasteiger partial charge in [-0.05, 0) is 43.9 Å². The molecule has 0 saturated heterocycles. The summed E-state index contributed by atoms with van der Waals surface area (Å²) >= 11 is 1.21. The number of halogens is 2. The Kier molecular flexibility index (Phi) is 4.77. The zero-order valence-corrected chi connectivity index (χ0v) is 12.5. The van der Waals surface area contributed by atoms with E-state index in [1.54, 1.807) is 19.1 Å². The summed E-state index contributed by atoms with van der Waals surface area (Å²) in [6.45, 7) is 6.10. The average molecular weight is 297 g/mol. The SMILES string of the molecule is CCCNC(c1ccc(C)c(F)c1F)c1snnc1C. The van der Waals surface area contributed by atoms with E-state index in [2.05, 4.69) is 14.9 Å². The Balaban J connectivity index is 2.47. The molecule has 20 heavy (non-hydrogen) atoms. The first-order chi connectivity index (χ1) is 9.56. The molecule has 108 valence electrons. The maximum atomic E-state index is 14.2. The molecular weight excluding hydrogens is 280 g/mol. The molecule has 0 aliphatic heterocycles. The van der Waals surface area contributed by atoms with Crippen LogP contribution in [0, 0.1) is 25.5 Å². The molecule has 0 amide bonds. The predicted molar refractivity (Wildman–Crippen MR) is 75.9 cm³/mol. The van der Waals surface area contributed by atoms with Gasteiger partial charge in [-0.3, -0.25) is 0 Å². The molecule has 1 atom stereocenters. The molecule has 1 N–H and O–H groups in total. The van der Waals surface area contributed by atoms with Crippen molar-refractivity contribution in [1.29, 1.82) is 0 Å². The third kappa shape index (κ3) is 2.86. The van der Waals surface area contributed by atoms with Crippen molar-refractivity contribution in [3.63, 3.8) is 0 Å². The normalized spacial score (nSPS) is 12.7. The Bertz CT molecular complexity index is 598. The third-order valence-corrected chi connectivity index (χ3v) is 4.05. The maximum Gasteiger partial charge on any atom is 0.164 e. The molecule has 6 heteroatoms. The summed E-state index contributed by atoms with van der Waals surface area (Å²) < 4.78 is 31.9. The Labute approximate surface area is 121 Å². The lowest BCUT2D eigenvalue weighted by Gasteiger charge is -2.19. The van der Waals surface area contributed by atoms with Gasteiger partial charge < -0.3 is 5.32 Å². The van der Waals surface area contributed by atoms with Gasteiger partial charge in [-0.2, -0.15) is 0 Å². The van der Waals surface area contributed by atoms with Crippen LogP contribution in [0.1, 0.15) is 41.1 Å². The molecule has 1 aromatic heterocycles. The standard InChI is InChI=1S/C14H17F2N3S/c1-4-7-17-13(14-9(3)18-19-20-14)10-6-5-8(2)11(15)12(10)16/h5-6,13,17H,4,7H2,1-3H3. The van der Waals surface area contributed by atoms with Crippen molar-refractivity contribution in [3.05, 3.63) is 45.5 Å². The van der Waals surface area contributed by atoms with E-state index >= 15 is 0 Å². The zero-order chi connectivity index (χ0) is 14.7. The number of nitrogens with zero attached hydrogens (tertiary/aromatic N) is 2. The summed E-state index contributed by atoms with van der Waals surface area (Å²) in [4.78, 5) is 0.820. The van der Waals surface area contributed by atoms with Crippen molar-refractivity contribution in [1.82, 2.24) is 14.9 Å². The first-order valence-corrected chi connectivity index (χ1v) is 7.30. The van der Waals surface area contributed by atoms with Gasteiger partial charge in [0.2, 0.25) is 0 Å². The van der Waals surface area contributed by atoms with Gasteiger partial charge in [-0.1, -0.05) is 23.5 Å². The largest absolute Gasteiger partial charge is 0.305 e. The fourth-order valence-corrected chi connectivity index (χ4v) is 2.76. The van der Waals surface area contributed by atoms with Crippen molar-refractivity contribution in [2.75, 3.05) is 6.54 Å². The van der Waals surface area contributed by atoms with Crippen LogP contribution in [-0.2, 0) is 0 Å². The highest BCUT2D eigenvalue weighted by atomic mass is 32.1. The van der Waals surface area contributed by atoms with E-state index in [0.29, 0.717) is 17.7 Å². The fraction of sp³-hybridized carbons (Fsp3) is 0.429. The number of nitrogens with one attached hydrogen (secondary N) is 1. The number of benzene rings is 1. The molecule has 0 radical (unpaired) electrons. The minimum Gasteiger partial charge on any atom is -0.305 e. The lowest BCUT2D eigenvalue weighted by Crippen LogP contribution is -2.24. The Morgan fingerprint density at radius 3 is 2.60 bits per heavy atom. The second-order valence-electron chi connectivity index (χ2n) is 4.71. The van der Waals surface area contributed by atoms with Crippen LogP contribution in [-0.4, -0.2) is 16.1 Å². The Morgan fingerprint density at radius 2 is 2.00 bits per heavy atom. The lowest BCUT2D eigenvalue weighted by molar-refractivity contribution is 0.477. The molecule has 1 unspecified atom stereocenters. The molecule has 1 aromatic carbocycles. The van der Waals surface area contributed by atoms with E-state index in [1.165, 1.54) is 11.5 Å². The molecule has 0 aliphatic rings. The second-order valence-corrected chi connectivity index (χ2v) is 5.50. The summed E-state index contributed by atoms with van der Waals surface area (Å²) in [6.07, 6.45) is 0.901. The minimum atomic E-state index is -0.800. The van der Waals surface area contributed by atoms with Crippen LogP contribution in [0.5, 0.6) is 0 Å². The van der Waals surface area contributed by atoms with E-state index in [0.717, 1.165) is 17.0 Å². The maximum absolute atomic E-state index is 14.2. The van der Waals surface area contributed by atoms with Gasteiger partial charge in [0.05, 0.1) is 16.6 Å². The van der Waals surface area contributed by atoms with Crippen LogP contribution < -0.4 is 5.32 Å². The summed E-state index contributed by atoms with van der Waals surface area (Å²) in [6, 6.07) is 2.81. The van der Waals surface area contributed by atoms with Gasteiger partial charge in [0.1, 0.15) is 0 Å². The van der Waals surface area contributed by atoms with Gasteiger partial charge in [-0.15, -0.1) is 5.10 Å². The summed E-state index contributed by atoms with van der Waals surface area (Å²) in [5, 5.41) is 7.19. The van der Waals surface area contributed by atoms with Crippen LogP contribution >= 0.6 is 11.5 Å². The van der Waals surface area contributed by atoms with Crippen LogP contribution in [0.2, 0.25) is 0 Å². The summed E-state index contributed by atoms with van der Waals surface area (Å²) in [5.41, 5.74) is 1.35. The van der Waals surface area contributed by atoms with Gasteiger partial charge >= 0.3 is 0 Å². The number of aromatic nitrogens is 2. The highest BCUT2D eigenvalue weighted by Crippen LogP contribution is 2.30. The van der Waals surface area contributed by atoms with Crippen molar-refractivity contribution in [2.24, 2.45) is 0 Å². The van der Waals surface area contributed by atoms with E-state index in [-0.39, 0.29) is 0 Å². The molecule has 0 fully saturated rings. The van der Waals surface area contributed by atoms with E-state index in [9.17, 15) is 8.78 Å². The molecule has 0 aliphatic carbocycles. The first-order valence-electron chi connectivity index (χ1n) is 6.53. The number of hydrogen-bond donors (Lipinski definition) is 1. The quantitative estimate of drug-likeness (QED) is 0.917. The first kappa shape index (κ1) is 15.0. The second kappa shape index (κ2) is 6.37.